The number of aryl methyl sites for hydroxylation is 4. The zero-order chi connectivity index (χ0) is 21.4. The van der Waals surface area contributed by atoms with Gasteiger partial charge in [-0.3, -0.25) is 14.2 Å². The molecule has 0 unspecified atom stereocenters. The molecule has 3 aromatic heterocycles. The molecule has 1 amide bonds. The fourth-order valence-electron chi connectivity index (χ4n) is 3.94. The third-order valence-corrected chi connectivity index (χ3v) is 5.39. The van der Waals surface area contributed by atoms with Gasteiger partial charge in [0.25, 0.3) is 0 Å². The Balaban J connectivity index is 1.41. The highest BCUT2D eigenvalue weighted by Crippen LogP contribution is 2.22. The Morgan fingerprint density at radius 2 is 1.70 bits per heavy atom. The molecule has 4 aromatic rings. The number of rotatable bonds is 6. The van der Waals surface area contributed by atoms with Gasteiger partial charge in [-0.25, -0.2) is 0 Å². The van der Waals surface area contributed by atoms with Crippen LogP contribution in [0.2, 0.25) is 0 Å². The minimum absolute atomic E-state index is 0.0337. The van der Waals surface area contributed by atoms with Gasteiger partial charge in [-0.05, 0) is 71.0 Å². The molecule has 156 valence electrons. The first-order valence-corrected chi connectivity index (χ1v) is 10.3. The van der Waals surface area contributed by atoms with Gasteiger partial charge >= 0.3 is 0 Å². The van der Waals surface area contributed by atoms with Crippen molar-refractivity contribution in [1.29, 1.82) is 0 Å². The standard InChI is InChI=1S/C23H28N6O/c1-15(2)29-21-14-24-27(23(21)18(5)26-29)13-12-22(30)25-19-8-10-20(11-9-19)28-16(3)6-7-17(28)4/h6-11,14-15H,12-13H2,1-5H3,(H,25,30). The Morgan fingerprint density at radius 1 is 1.03 bits per heavy atom. The van der Waals surface area contributed by atoms with E-state index in [4.69, 9.17) is 0 Å². The first-order chi connectivity index (χ1) is 14.3. The lowest BCUT2D eigenvalue weighted by molar-refractivity contribution is -0.116. The van der Waals surface area contributed by atoms with Crippen LogP contribution in [0.25, 0.3) is 16.7 Å². The lowest BCUT2D eigenvalue weighted by Crippen LogP contribution is -2.15. The number of aromatic nitrogens is 5. The van der Waals surface area contributed by atoms with Gasteiger partial charge < -0.3 is 9.88 Å². The van der Waals surface area contributed by atoms with Crippen molar-refractivity contribution in [1.82, 2.24) is 24.1 Å². The van der Waals surface area contributed by atoms with Crippen molar-refractivity contribution in [3.63, 3.8) is 0 Å². The Hall–Kier alpha value is -3.35. The van der Waals surface area contributed by atoms with E-state index in [0.29, 0.717) is 13.0 Å². The van der Waals surface area contributed by atoms with Crippen molar-refractivity contribution in [2.45, 2.75) is 53.6 Å². The van der Waals surface area contributed by atoms with Gasteiger partial charge in [-0.2, -0.15) is 10.2 Å². The second-order valence-electron chi connectivity index (χ2n) is 8.02. The quantitative estimate of drug-likeness (QED) is 0.512. The molecule has 7 nitrogen and oxygen atoms in total. The Bertz CT molecular complexity index is 1170. The highest BCUT2D eigenvalue weighted by molar-refractivity contribution is 5.90. The number of carbonyl (C=O) groups excluding carboxylic acids is 1. The van der Waals surface area contributed by atoms with Gasteiger partial charge in [-0.1, -0.05) is 0 Å². The van der Waals surface area contributed by atoms with Gasteiger partial charge in [0.2, 0.25) is 5.91 Å². The summed E-state index contributed by atoms with van der Waals surface area (Å²) in [5.74, 6) is -0.0337. The van der Waals surface area contributed by atoms with E-state index in [-0.39, 0.29) is 11.9 Å². The van der Waals surface area contributed by atoms with Gasteiger partial charge in [0.15, 0.2) is 0 Å². The normalized spacial score (nSPS) is 11.5. The third kappa shape index (κ3) is 3.63. The zero-order valence-corrected chi connectivity index (χ0v) is 18.2. The topological polar surface area (TPSA) is 69.7 Å². The van der Waals surface area contributed by atoms with Crippen molar-refractivity contribution < 1.29 is 4.79 Å². The van der Waals surface area contributed by atoms with E-state index in [1.54, 1.807) is 0 Å². The van der Waals surface area contributed by atoms with Crippen LogP contribution in [0.15, 0.2) is 42.6 Å². The Labute approximate surface area is 176 Å². The number of nitrogens with zero attached hydrogens (tertiary/aromatic N) is 5. The van der Waals surface area contributed by atoms with Crippen LogP contribution in [0, 0.1) is 20.8 Å². The van der Waals surface area contributed by atoms with Crippen LogP contribution in [0.4, 0.5) is 5.69 Å². The van der Waals surface area contributed by atoms with E-state index >= 15 is 0 Å². The second kappa shape index (κ2) is 7.82. The van der Waals surface area contributed by atoms with E-state index in [9.17, 15) is 4.79 Å². The monoisotopic (exact) mass is 404 g/mol. The van der Waals surface area contributed by atoms with Crippen LogP contribution in [-0.2, 0) is 11.3 Å². The maximum absolute atomic E-state index is 12.5. The highest BCUT2D eigenvalue weighted by Gasteiger charge is 2.15. The predicted molar refractivity (Wildman–Crippen MR) is 119 cm³/mol. The lowest BCUT2D eigenvalue weighted by atomic mass is 10.2. The number of nitrogens with one attached hydrogen (secondary N) is 1. The second-order valence-corrected chi connectivity index (χ2v) is 8.02. The van der Waals surface area contributed by atoms with Crippen LogP contribution >= 0.6 is 0 Å². The summed E-state index contributed by atoms with van der Waals surface area (Å²) in [7, 11) is 0. The molecule has 1 aromatic carbocycles. The fraction of sp³-hybridized carbons (Fsp3) is 0.348. The summed E-state index contributed by atoms with van der Waals surface area (Å²) in [6.45, 7) is 10.9. The predicted octanol–water partition coefficient (Wildman–Crippen LogP) is 4.56. The molecule has 0 fully saturated rings. The van der Waals surface area contributed by atoms with Gasteiger partial charge in [-0.15, -0.1) is 0 Å². The maximum Gasteiger partial charge on any atom is 0.226 e. The number of hydrogen-bond donors (Lipinski definition) is 1. The molecule has 0 aliphatic carbocycles. The molecule has 0 bridgehead atoms. The number of carbonyl (C=O) groups is 1. The van der Waals surface area contributed by atoms with E-state index in [1.807, 2.05) is 46.7 Å². The average Bonchev–Trinajstić information content (AvgIpc) is 3.37. The zero-order valence-electron chi connectivity index (χ0n) is 18.2. The number of anilines is 1. The molecular formula is C23H28N6O. The summed E-state index contributed by atoms with van der Waals surface area (Å²) in [5.41, 5.74) is 7.19. The molecule has 0 saturated heterocycles. The van der Waals surface area contributed by atoms with Gasteiger partial charge in [0, 0.05) is 35.2 Å². The summed E-state index contributed by atoms with van der Waals surface area (Å²) < 4.78 is 6.04. The minimum Gasteiger partial charge on any atom is -0.326 e. The molecule has 1 N–H and O–H groups in total. The van der Waals surface area contributed by atoms with Crippen molar-refractivity contribution in [3.05, 3.63) is 59.7 Å². The molecule has 7 heteroatoms. The summed E-state index contributed by atoms with van der Waals surface area (Å²) in [6, 6.07) is 12.4. The van der Waals surface area contributed by atoms with Crippen LogP contribution < -0.4 is 5.32 Å². The van der Waals surface area contributed by atoms with E-state index < -0.39 is 0 Å². The van der Waals surface area contributed by atoms with Crippen molar-refractivity contribution in [2.24, 2.45) is 0 Å². The van der Waals surface area contributed by atoms with Crippen molar-refractivity contribution in [3.8, 4) is 5.69 Å². The highest BCUT2D eigenvalue weighted by atomic mass is 16.1. The van der Waals surface area contributed by atoms with Gasteiger partial charge in [0.1, 0.15) is 11.0 Å². The van der Waals surface area contributed by atoms with E-state index in [2.05, 4.69) is 59.9 Å². The smallest absolute Gasteiger partial charge is 0.226 e. The molecular weight excluding hydrogens is 376 g/mol. The van der Waals surface area contributed by atoms with Crippen molar-refractivity contribution >= 4 is 22.6 Å². The molecule has 0 radical (unpaired) electrons. The minimum atomic E-state index is -0.0337. The molecule has 0 aliphatic heterocycles. The summed E-state index contributed by atoms with van der Waals surface area (Å²) >= 11 is 0. The van der Waals surface area contributed by atoms with Gasteiger partial charge in [0.05, 0.1) is 18.4 Å². The SMILES string of the molecule is Cc1nn(C(C)C)c2cnn(CCC(=O)Nc3ccc(-n4c(C)ccc4C)cc3)c12. The first kappa shape index (κ1) is 19.9. The largest absolute Gasteiger partial charge is 0.326 e. The third-order valence-electron chi connectivity index (χ3n) is 5.39. The molecule has 4 rings (SSSR count). The maximum atomic E-state index is 12.5. The Kier molecular flexibility index (Phi) is 5.20. The Morgan fingerprint density at radius 3 is 2.33 bits per heavy atom. The van der Waals surface area contributed by atoms with Crippen molar-refractivity contribution in [2.75, 3.05) is 5.32 Å². The van der Waals surface area contributed by atoms with Crippen LogP contribution in [-0.4, -0.2) is 30.0 Å². The summed E-state index contributed by atoms with van der Waals surface area (Å²) in [4.78, 5) is 12.5. The van der Waals surface area contributed by atoms with Crippen LogP contribution in [0.5, 0.6) is 0 Å². The number of benzene rings is 1. The number of hydrogen-bond acceptors (Lipinski definition) is 3. The van der Waals surface area contributed by atoms with Crippen LogP contribution in [0.1, 0.15) is 43.4 Å². The summed E-state index contributed by atoms with van der Waals surface area (Å²) in [5, 5.41) is 12.0. The van der Waals surface area contributed by atoms with Crippen LogP contribution in [0.3, 0.4) is 0 Å². The summed E-state index contributed by atoms with van der Waals surface area (Å²) in [6.07, 6.45) is 2.18. The van der Waals surface area contributed by atoms with E-state index in [0.717, 1.165) is 28.1 Å². The number of fused-ring (bicyclic) bond motifs is 1. The molecule has 3 heterocycles. The average molecular weight is 405 g/mol. The molecule has 0 spiro atoms. The molecule has 30 heavy (non-hydrogen) atoms. The fourth-order valence-corrected chi connectivity index (χ4v) is 3.94. The molecule has 0 atom stereocenters. The van der Waals surface area contributed by atoms with E-state index in [1.165, 1.54) is 11.4 Å². The lowest BCUT2D eigenvalue weighted by Gasteiger charge is -2.11. The molecule has 0 aliphatic rings. The number of amides is 1. The molecule has 0 saturated carbocycles. The first-order valence-electron chi connectivity index (χ1n) is 10.3.